The van der Waals surface area contributed by atoms with Crippen LogP contribution in [0.3, 0.4) is 0 Å². The lowest BCUT2D eigenvalue weighted by Crippen LogP contribution is -2.28. The fourth-order valence-corrected chi connectivity index (χ4v) is 3.95. The molecule has 1 aromatic heterocycles. The number of fused-ring (bicyclic) bond motifs is 1. The van der Waals surface area contributed by atoms with Crippen molar-refractivity contribution in [2.24, 2.45) is 0 Å². The smallest absolute Gasteiger partial charge is 0.242 e. The van der Waals surface area contributed by atoms with Crippen molar-refractivity contribution in [3.05, 3.63) is 60.4 Å². The van der Waals surface area contributed by atoms with E-state index in [0.29, 0.717) is 6.42 Å². The van der Waals surface area contributed by atoms with Crippen molar-refractivity contribution in [1.29, 1.82) is 0 Å². The van der Waals surface area contributed by atoms with Crippen LogP contribution in [0.2, 0.25) is 0 Å². The third-order valence-electron chi connectivity index (χ3n) is 4.32. The van der Waals surface area contributed by atoms with E-state index in [9.17, 15) is 13.2 Å². The van der Waals surface area contributed by atoms with Crippen LogP contribution in [0.25, 0.3) is 11.0 Å². The number of carbonyl (C=O) groups is 1. The number of aromatic nitrogens is 2. The predicted octanol–water partition coefficient (Wildman–Crippen LogP) is 3.09. The van der Waals surface area contributed by atoms with Gasteiger partial charge in [-0.15, -0.1) is 0 Å². The van der Waals surface area contributed by atoms with Crippen molar-refractivity contribution in [1.82, 2.24) is 13.9 Å². The van der Waals surface area contributed by atoms with Gasteiger partial charge in [-0.05, 0) is 37.6 Å². The summed E-state index contributed by atoms with van der Waals surface area (Å²) in [5, 5.41) is 0. The number of para-hydroxylation sites is 2. The molecule has 2 aromatic carbocycles. The monoisotopic (exact) mass is 371 g/mol. The Balaban J connectivity index is 1.62. The molecule has 0 bridgehead atoms. The molecule has 3 aromatic rings. The van der Waals surface area contributed by atoms with Gasteiger partial charge >= 0.3 is 0 Å². The molecular weight excluding hydrogens is 350 g/mol. The Morgan fingerprint density at radius 2 is 1.81 bits per heavy atom. The number of sulfonamides is 1. The molecule has 0 aliphatic rings. The molecule has 0 aliphatic heterocycles. The van der Waals surface area contributed by atoms with Crippen LogP contribution in [-0.2, 0) is 10.0 Å². The van der Waals surface area contributed by atoms with Crippen molar-refractivity contribution in [2.45, 2.75) is 24.7 Å². The number of hydrogen-bond donors (Lipinski definition) is 0. The third kappa shape index (κ3) is 3.68. The molecule has 3 rings (SSSR count). The van der Waals surface area contributed by atoms with Gasteiger partial charge in [0, 0.05) is 20.0 Å². The van der Waals surface area contributed by atoms with E-state index in [1.54, 1.807) is 24.3 Å². The largest absolute Gasteiger partial charge is 0.274 e. The zero-order valence-electron chi connectivity index (χ0n) is 14.8. The maximum absolute atomic E-state index is 12.5. The predicted molar refractivity (Wildman–Crippen MR) is 101 cm³/mol. The van der Waals surface area contributed by atoms with Gasteiger partial charge in [-0.1, -0.05) is 29.8 Å². The van der Waals surface area contributed by atoms with Crippen molar-refractivity contribution in [2.75, 3.05) is 13.6 Å². The molecule has 1 heterocycles. The summed E-state index contributed by atoms with van der Waals surface area (Å²) in [5.74, 6) is -0.0974. The lowest BCUT2D eigenvalue weighted by Gasteiger charge is -2.17. The van der Waals surface area contributed by atoms with Gasteiger partial charge in [-0.25, -0.2) is 17.7 Å². The van der Waals surface area contributed by atoms with E-state index in [1.165, 1.54) is 22.2 Å². The lowest BCUT2D eigenvalue weighted by molar-refractivity contribution is 0.0903. The second kappa shape index (κ2) is 7.39. The van der Waals surface area contributed by atoms with Crippen LogP contribution in [0, 0.1) is 6.92 Å². The highest BCUT2D eigenvalue weighted by Gasteiger charge is 2.20. The first-order chi connectivity index (χ1) is 12.4. The minimum Gasteiger partial charge on any atom is -0.274 e. The molecule has 7 heteroatoms. The SMILES string of the molecule is Cc1ccc(S(=O)(=O)N(C)CCCC(=O)n2cnc3ccccc32)cc1. The van der Waals surface area contributed by atoms with Crippen LogP contribution < -0.4 is 0 Å². The fraction of sp³-hybridized carbons (Fsp3) is 0.263. The van der Waals surface area contributed by atoms with Gasteiger partial charge in [0.15, 0.2) is 0 Å². The topological polar surface area (TPSA) is 72.3 Å². The summed E-state index contributed by atoms with van der Waals surface area (Å²) in [7, 11) is -2.01. The summed E-state index contributed by atoms with van der Waals surface area (Å²) in [6, 6.07) is 14.2. The number of nitrogens with zero attached hydrogens (tertiary/aromatic N) is 3. The second-order valence-electron chi connectivity index (χ2n) is 6.24. The van der Waals surface area contributed by atoms with E-state index < -0.39 is 10.0 Å². The Morgan fingerprint density at radius 3 is 2.54 bits per heavy atom. The normalized spacial score (nSPS) is 12.0. The first-order valence-electron chi connectivity index (χ1n) is 8.38. The van der Waals surface area contributed by atoms with Crippen molar-refractivity contribution >= 4 is 27.0 Å². The quantitative estimate of drug-likeness (QED) is 0.667. The van der Waals surface area contributed by atoms with Gasteiger partial charge in [0.25, 0.3) is 0 Å². The minimum atomic E-state index is -3.54. The number of aryl methyl sites for hydroxylation is 1. The zero-order chi connectivity index (χ0) is 18.7. The van der Waals surface area contributed by atoms with Crippen molar-refractivity contribution < 1.29 is 13.2 Å². The van der Waals surface area contributed by atoms with Gasteiger partial charge in [-0.3, -0.25) is 9.36 Å². The summed E-state index contributed by atoms with van der Waals surface area (Å²) in [6.45, 7) is 2.18. The van der Waals surface area contributed by atoms with Crippen LogP contribution in [0.4, 0.5) is 0 Å². The van der Waals surface area contributed by atoms with E-state index in [4.69, 9.17) is 0 Å². The Labute approximate surface area is 153 Å². The summed E-state index contributed by atoms with van der Waals surface area (Å²) >= 11 is 0. The third-order valence-corrected chi connectivity index (χ3v) is 6.19. The Kier molecular flexibility index (Phi) is 5.20. The number of imidazole rings is 1. The van der Waals surface area contributed by atoms with E-state index in [-0.39, 0.29) is 23.8 Å². The van der Waals surface area contributed by atoms with Gasteiger partial charge in [0.05, 0.1) is 15.9 Å². The summed E-state index contributed by atoms with van der Waals surface area (Å²) in [5.41, 5.74) is 2.53. The van der Waals surface area contributed by atoms with Crippen molar-refractivity contribution in [3.63, 3.8) is 0 Å². The molecule has 0 atom stereocenters. The molecule has 6 nitrogen and oxygen atoms in total. The maximum Gasteiger partial charge on any atom is 0.242 e. The molecule has 0 fully saturated rings. The molecule has 0 amide bonds. The highest BCUT2D eigenvalue weighted by molar-refractivity contribution is 7.89. The summed E-state index contributed by atoms with van der Waals surface area (Å²) in [6.07, 6.45) is 2.20. The maximum atomic E-state index is 12.5. The van der Waals surface area contributed by atoms with Crippen LogP contribution in [0.5, 0.6) is 0 Å². The number of benzene rings is 2. The second-order valence-corrected chi connectivity index (χ2v) is 8.29. The molecule has 0 saturated heterocycles. The molecule has 0 aliphatic carbocycles. The molecule has 26 heavy (non-hydrogen) atoms. The van der Waals surface area contributed by atoms with E-state index in [0.717, 1.165) is 16.6 Å². The Hall–Kier alpha value is -2.51. The average molecular weight is 371 g/mol. The highest BCUT2D eigenvalue weighted by atomic mass is 32.2. The molecular formula is C19H21N3O3S. The molecule has 136 valence electrons. The van der Waals surface area contributed by atoms with Crippen LogP contribution in [0.1, 0.15) is 23.2 Å². The molecule has 0 saturated carbocycles. The summed E-state index contributed by atoms with van der Waals surface area (Å²) in [4.78, 5) is 16.9. The summed E-state index contributed by atoms with van der Waals surface area (Å²) < 4.78 is 27.9. The number of rotatable bonds is 6. The first-order valence-corrected chi connectivity index (χ1v) is 9.82. The van der Waals surface area contributed by atoms with E-state index in [1.807, 2.05) is 31.2 Å². The fourth-order valence-electron chi connectivity index (χ4n) is 2.74. The standard InChI is InChI=1S/C19H21N3O3S/c1-15-9-11-16(12-10-15)26(24,25)21(2)13-5-8-19(23)22-14-20-17-6-3-4-7-18(17)22/h3-4,6-7,9-12,14H,5,8,13H2,1-2H3. The van der Waals surface area contributed by atoms with Gasteiger partial charge in [0.1, 0.15) is 6.33 Å². The number of hydrogen-bond acceptors (Lipinski definition) is 4. The van der Waals surface area contributed by atoms with Gasteiger partial charge < -0.3 is 0 Å². The first kappa shape index (κ1) is 18.3. The lowest BCUT2D eigenvalue weighted by atomic mass is 10.2. The van der Waals surface area contributed by atoms with Gasteiger partial charge in [0.2, 0.25) is 15.9 Å². The van der Waals surface area contributed by atoms with Crippen molar-refractivity contribution in [3.8, 4) is 0 Å². The van der Waals surface area contributed by atoms with Crippen LogP contribution in [0.15, 0.2) is 59.8 Å². The van der Waals surface area contributed by atoms with Gasteiger partial charge in [-0.2, -0.15) is 0 Å². The number of carbonyl (C=O) groups excluding carboxylic acids is 1. The minimum absolute atomic E-state index is 0.0974. The van der Waals surface area contributed by atoms with E-state index in [2.05, 4.69) is 4.98 Å². The molecule has 0 N–H and O–H groups in total. The Bertz CT molecular complexity index is 1020. The zero-order valence-corrected chi connectivity index (χ0v) is 15.6. The van der Waals surface area contributed by atoms with E-state index >= 15 is 0 Å². The molecule has 0 radical (unpaired) electrons. The Morgan fingerprint density at radius 1 is 1.12 bits per heavy atom. The van der Waals surface area contributed by atoms with Crippen LogP contribution in [-0.4, -0.2) is 41.8 Å². The molecule has 0 unspecified atom stereocenters. The van der Waals surface area contributed by atoms with Crippen LogP contribution >= 0.6 is 0 Å². The molecule has 0 spiro atoms. The highest BCUT2D eigenvalue weighted by Crippen LogP contribution is 2.16. The average Bonchev–Trinajstić information content (AvgIpc) is 3.06.